The molecule has 0 saturated heterocycles. The number of anilines is 1. The zero-order valence-electron chi connectivity index (χ0n) is 12.7. The molecule has 2 heterocycles. The number of rotatable bonds is 5. The summed E-state index contributed by atoms with van der Waals surface area (Å²) in [4.78, 5) is 14.2. The van der Waals surface area contributed by atoms with E-state index in [0.29, 0.717) is 5.56 Å². The molecule has 1 amide bonds. The van der Waals surface area contributed by atoms with Crippen LogP contribution in [0.15, 0.2) is 53.5 Å². The summed E-state index contributed by atoms with van der Waals surface area (Å²) < 4.78 is 7.13. The highest BCUT2D eigenvalue weighted by Gasteiger charge is 2.09. The Morgan fingerprint density at radius 3 is 2.86 bits per heavy atom. The second-order valence-corrected chi connectivity index (χ2v) is 5.55. The summed E-state index contributed by atoms with van der Waals surface area (Å²) >= 11 is 0. The number of nitrogens with zero attached hydrogens (tertiary/aromatic N) is 2. The number of furan rings is 1. The minimum Gasteiger partial charge on any atom is -0.472 e. The molecule has 5 heteroatoms. The predicted molar refractivity (Wildman–Crippen MR) is 87.2 cm³/mol. The Morgan fingerprint density at radius 2 is 2.14 bits per heavy atom. The van der Waals surface area contributed by atoms with Crippen molar-refractivity contribution in [3.05, 3.63) is 54.6 Å². The molecule has 0 aliphatic heterocycles. The van der Waals surface area contributed by atoms with E-state index in [2.05, 4.69) is 41.1 Å². The van der Waals surface area contributed by atoms with Crippen LogP contribution in [0.25, 0.3) is 10.9 Å². The molecule has 0 atom stereocenters. The second kappa shape index (κ2) is 6.07. The first-order chi connectivity index (χ1) is 10.6. The minimum atomic E-state index is -0.167. The van der Waals surface area contributed by atoms with E-state index in [1.807, 2.05) is 18.2 Å². The molecule has 22 heavy (non-hydrogen) atoms. The Kier molecular flexibility index (Phi) is 3.98. The molecule has 0 aliphatic rings. The molecule has 0 spiro atoms. The van der Waals surface area contributed by atoms with E-state index < -0.39 is 0 Å². The van der Waals surface area contributed by atoms with Crippen LogP contribution >= 0.6 is 0 Å². The maximum absolute atomic E-state index is 12.1. The Balaban J connectivity index is 1.82. The molecule has 114 valence electrons. The highest BCUT2D eigenvalue weighted by Crippen LogP contribution is 2.21. The van der Waals surface area contributed by atoms with Crippen LogP contribution in [-0.4, -0.2) is 36.0 Å². The van der Waals surface area contributed by atoms with Crippen LogP contribution in [0, 0.1) is 0 Å². The number of benzene rings is 1. The lowest BCUT2D eigenvalue weighted by molar-refractivity contribution is 0.102. The third-order valence-electron chi connectivity index (χ3n) is 3.60. The first-order valence-corrected chi connectivity index (χ1v) is 7.20. The van der Waals surface area contributed by atoms with Gasteiger partial charge in [-0.25, -0.2) is 0 Å². The van der Waals surface area contributed by atoms with Crippen molar-refractivity contribution in [2.24, 2.45) is 0 Å². The average Bonchev–Trinajstić information content (AvgIpc) is 3.14. The molecule has 2 aromatic heterocycles. The normalized spacial score (nSPS) is 11.2. The molecule has 1 N–H and O–H groups in total. The second-order valence-electron chi connectivity index (χ2n) is 5.55. The zero-order valence-corrected chi connectivity index (χ0v) is 12.7. The minimum absolute atomic E-state index is 0.167. The Hall–Kier alpha value is -2.53. The monoisotopic (exact) mass is 297 g/mol. The Morgan fingerprint density at radius 1 is 1.27 bits per heavy atom. The van der Waals surface area contributed by atoms with E-state index in [4.69, 9.17) is 4.42 Å². The zero-order chi connectivity index (χ0) is 15.5. The van der Waals surface area contributed by atoms with Crippen LogP contribution in [0.1, 0.15) is 10.4 Å². The van der Waals surface area contributed by atoms with Gasteiger partial charge in [-0.15, -0.1) is 0 Å². The van der Waals surface area contributed by atoms with Crippen LogP contribution in [0.2, 0.25) is 0 Å². The van der Waals surface area contributed by atoms with Gasteiger partial charge in [0, 0.05) is 25.0 Å². The smallest absolute Gasteiger partial charge is 0.258 e. The molecule has 3 aromatic rings. The number of carbonyl (C=O) groups excluding carboxylic acids is 1. The number of amides is 1. The lowest BCUT2D eigenvalue weighted by atomic mass is 10.2. The molecule has 0 unspecified atom stereocenters. The number of likely N-dealkylation sites (N-methyl/N-ethyl adjacent to an activating group) is 1. The quantitative estimate of drug-likeness (QED) is 0.787. The molecule has 0 saturated carbocycles. The summed E-state index contributed by atoms with van der Waals surface area (Å²) in [6.45, 7) is 1.88. The maximum atomic E-state index is 12.1. The van der Waals surface area contributed by atoms with Gasteiger partial charge >= 0.3 is 0 Å². The number of hydrogen-bond acceptors (Lipinski definition) is 3. The molecule has 0 bridgehead atoms. The number of carbonyl (C=O) groups is 1. The van der Waals surface area contributed by atoms with Crippen LogP contribution in [0.5, 0.6) is 0 Å². The lowest BCUT2D eigenvalue weighted by Gasteiger charge is -2.12. The highest BCUT2D eigenvalue weighted by atomic mass is 16.3. The summed E-state index contributed by atoms with van der Waals surface area (Å²) in [7, 11) is 4.12. The summed E-state index contributed by atoms with van der Waals surface area (Å²) in [6.07, 6.45) is 5.01. The fourth-order valence-electron chi connectivity index (χ4n) is 2.36. The summed E-state index contributed by atoms with van der Waals surface area (Å²) in [5.41, 5.74) is 2.42. The van der Waals surface area contributed by atoms with Gasteiger partial charge in [0.15, 0.2) is 0 Å². The standard InChI is InChI=1S/C17H19N3O2/c1-19(2)8-9-20-7-5-13-3-4-15(11-16(13)20)18-17(21)14-6-10-22-12-14/h3-7,10-12H,8-9H2,1-2H3,(H,18,21). The molecular formula is C17H19N3O2. The molecule has 0 radical (unpaired) electrons. The van der Waals surface area contributed by atoms with Crippen molar-refractivity contribution >= 4 is 22.5 Å². The van der Waals surface area contributed by atoms with Gasteiger partial charge < -0.3 is 19.2 Å². The fraction of sp³-hybridized carbons (Fsp3) is 0.235. The van der Waals surface area contributed by atoms with Crippen LogP contribution in [0.4, 0.5) is 5.69 Å². The van der Waals surface area contributed by atoms with Crippen LogP contribution in [-0.2, 0) is 6.54 Å². The van der Waals surface area contributed by atoms with E-state index in [1.54, 1.807) is 6.07 Å². The van der Waals surface area contributed by atoms with Crippen molar-refractivity contribution in [1.82, 2.24) is 9.47 Å². The van der Waals surface area contributed by atoms with E-state index in [0.717, 1.165) is 24.3 Å². The van der Waals surface area contributed by atoms with Gasteiger partial charge in [0.1, 0.15) is 6.26 Å². The molecule has 5 nitrogen and oxygen atoms in total. The summed E-state index contributed by atoms with van der Waals surface area (Å²) in [5, 5.41) is 4.06. The van der Waals surface area contributed by atoms with Gasteiger partial charge in [0.25, 0.3) is 5.91 Å². The van der Waals surface area contributed by atoms with E-state index in [9.17, 15) is 4.79 Å². The van der Waals surface area contributed by atoms with Crippen molar-refractivity contribution < 1.29 is 9.21 Å². The van der Waals surface area contributed by atoms with E-state index >= 15 is 0 Å². The third-order valence-corrected chi connectivity index (χ3v) is 3.60. The third kappa shape index (κ3) is 3.04. The largest absolute Gasteiger partial charge is 0.472 e. The first-order valence-electron chi connectivity index (χ1n) is 7.20. The topological polar surface area (TPSA) is 50.4 Å². The van der Waals surface area contributed by atoms with Gasteiger partial charge in [-0.2, -0.15) is 0 Å². The number of fused-ring (bicyclic) bond motifs is 1. The van der Waals surface area contributed by atoms with Gasteiger partial charge in [-0.3, -0.25) is 4.79 Å². The van der Waals surface area contributed by atoms with Crippen molar-refractivity contribution in [3.63, 3.8) is 0 Å². The van der Waals surface area contributed by atoms with Gasteiger partial charge in [0.2, 0.25) is 0 Å². The van der Waals surface area contributed by atoms with E-state index in [-0.39, 0.29) is 5.91 Å². The van der Waals surface area contributed by atoms with Crippen molar-refractivity contribution in [2.45, 2.75) is 6.54 Å². The van der Waals surface area contributed by atoms with Crippen LogP contribution < -0.4 is 5.32 Å². The van der Waals surface area contributed by atoms with Gasteiger partial charge in [-0.1, -0.05) is 6.07 Å². The van der Waals surface area contributed by atoms with Crippen molar-refractivity contribution in [1.29, 1.82) is 0 Å². The number of hydrogen-bond donors (Lipinski definition) is 1. The van der Waals surface area contributed by atoms with Crippen molar-refractivity contribution in [3.8, 4) is 0 Å². The lowest BCUT2D eigenvalue weighted by Crippen LogP contribution is -2.18. The van der Waals surface area contributed by atoms with E-state index in [1.165, 1.54) is 17.9 Å². The number of nitrogens with one attached hydrogen (secondary N) is 1. The first kappa shape index (κ1) is 14.4. The Labute approximate surface area is 129 Å². The van der Waals surface area contributed by atoms with Crippen molar-refractivity contribution in [2.75, 3.05) is 26.0 Å². The fourth-order valence-corrected chi connectivity index (χ4v) is 2.36. The van der Waals surface area contributed by atoms with Crippen LogP contribution in [0.3, 0.4) is 0 Å². The predicted octanol–water partition coefficient (Wildman–Crippen LogP) is 3.05. The number of aromatic nitrogens is 1. The molecule has 0 aliphatic carbocycles. The molecule has 1 aromatic carbocycles. The Bertz CT molecular complexity index is 772. The summed E-state index contributed by atoms with van der Waals surface area (Å²) in [5.74, 6) is -0.167. The maximum Gasteiger partial charge on any atom is 0.258 e. The molecular weight excluding hydrogens is 278 g/mol. The average molecular weight is 297 g/mol. The SMILES string of the molecule is CN(C)CCn1ccc2ccc(NC(=O)c3ccoc3)cc21. The molecule has 0 fully saturated rings. The summed E-state index contributed by atoms with van der Waals surface area (Å²) in [6, 6.07) is 9.67. The highest BCUT2D eigenvalue weighted by molar-refractivity contribution is 6.04. The van der Waals surface area contributed by atoms with Gasteiger partial charge in [0.05, 0.1) is 17.3 Å². The van der Waals surface area contributed by atoms with Gasteiger partial charge in [-0.05, 0) is 43.7 Å². The molecule has 3 rings (SSSR count).